The van der Waals surface area contributed by atoms with Crippen LogP contribution in [0, 0.1) is 5.82 Å². The largest absolute Gasteiger partial charge is 0.311 e. The van der Waals surface area contributed by atoms with Gasteiger partial charge in [-0.2, -0.15) is 0 Å². The van der Waals surface area contributed by atoms with Gasteiger partial charge in [-0.25, -0.2) is 14.4 Å². The number of aromatic amines is 1. The molecule has 5 nitrogen and oxygen atoms in total. The fraction of sp³-hybridized carbons (Fsp3) is 0.0556. The first kappa shape index (κ1) is 15.6. The SMILES string of the molecule is O=c1[nH]cnc2c1nc(SCc1ccccc1F)n2-c1ccccc1. The molecule has 4 rings (SSSR count). The first-order valence-corrected chi connectivity index (χ1v) is 8.60. The summed E-state index contributed by atoms with van der Waals surface area (Å²) in [6.07, 6.45) is 1.36. The zero-order valence-electron chi connectivity index (χ0n) is 13.0. The number of hydrogen-bond donors (Lipinski definition) is 1. The van der Waals surface area contributed by atoms with E-state index >= 15 is 0 Å². The topological polar surface area (TPSA) is 63.6 Å². The molecule has 0 atom stereocenters. The number of H-pyrrole nitrogens is 1. The minimum absolute atomic E-state index is 0.256. The molecule has 1 N–H and O–H groups in total. The van der Waals surface area contributed by atoms with Gasteiger partial charge >= 0.3 is 0 Å². The molecule has 0 bridgehead atoms. The Balaban J connectivity index is 1.81. The summed E-state index contributed by atoms with van der Waals surface area (Å²) in [5.74, 6) is 0.147. The fourth-order valence-electron chi connectivity index (χ4n) is 2.55. The summed E-state index contributed by atoms with van der Waals surface area (Å²) in [6, 6.07) is 16.2. The molecule has 0 radical (unpaired) electrons. The zero-order chi connectivity index (χ0) is 17.2. The molecular weight excluding hydrogens is 339 g/mol. The van der Waals surface area contributed by atoms with Crippen LogP contribution in [-0.2, 0) is 5.75 Å². The van der Waals surface area contributed by atoms with Crippen molar-refractivity contribution < 1.29 is 4.39 Å². The zero-order valence-corrected chi connectivity index (χ0v) is 13.8. The Morgan fingerprint density at radius 2 is 1.84 bits per heavy atom. The predicted octanol–water partition coefficient (Wildman–Crippen LogP) is 3.54. The van der Waals surface area contributed by atoms with Crippen molar-refractivity contribution in [3.63, 3.8) is 0 Å². The number of imidazole rings is 1. The van der Waals surface area contributed by atoms with Crippen LogP contribution in [0.1, 0.15) is 5.56 Å². The lowest BCUT2D eigenvalue weighted by Gasteiger charge is -2.08. The Morgan fingerprint density at radius 1 is 1.08 bits per heavy atom. The minimum atomic E-state index is -0.299. The number of fused-ring (bicyclic) bond motifs is 1. The smallest absolute Gasteiger partial charge is 0.278 e. The van der Waals surface area contributed by atoms with Crippen molar-refractivity contribution in [2.24, 2.45) is 0 Å². The van der Waals surface area contributed by atoms with E-state index < -0.39 is 0 Å². The molecule has 2 aromatic carbocycles. The highest BCUT2D eigenvalue weighted by atomic mass is 32.2. The molecule has 0 amide bonds. The molecule has 0 aliphatic rings. The van der Waals surface area contributed by atoms with Gasteiger partial charge in [-0.3, -0.25) is 9.36 Å². The molecule has 2 aromatic heterocycles. The van der Waals surface area contributed by atoms with Gasteiger partial charge in [0, 0.05) is 11.4 Å². The van der Waals surface area contributed by atoms with Gasteiger partial charge in [0.1, 0.15) is 5.82 Å². The highest BCUT2D eigenvalue weighted by Gasteiger charge is 2.16. The molecule has 7 heteroatoms. The number of hydrogen-bond acceptors (Lipinski definition) is 4. The van der Waals surface area contributed by atoms with Gasteiger partial charge in [-0.15, -0.1) is 0 Å². The molecule has 0 saturated carbocycles. The molecule has 0 aliphatic heterocycles. The minimum Gasteiger partial charge on any atom is -0.311 e. The van der Waals surface area contributed by atoms with Gasteiger partial charge in [0.2, 0.25) is 0 Å². The van der Waals surface area contributed by atoms with Gasteiger partial charge < -0.3 is 4.98 Å². The average Bonchev–Trinajstić information content (AvgIpc) is 3.02. The van der Waals surface area contributed by atoms with Crippen LogP contribution in [0.25, 0.3) is 16.9 Å². The van der Waals surface area contributed by atoms with Gasteiger partial charge in [-0.1, -0.05) is 48.2 Å². The van der Waals surface area contributed by atoms with E-state index in [1.54, 1.807) is 18.2 Å². The maximum absolute atomic E-state index is 13.9. The first-order chi connectivity index (χ1) is 12.2. The monoisotopic (exact) mass is 352 g/mol. The second-order valence-corrected chi connectivity index (χ2v) is 6.29. The summed E-state index contributed by atoms with van der Waals surface area (Å²) in [6.45, 7) is 0. The van der Waals surface area contributed by atoms with E-state index in [0.717, 1.165) is 5.69 Å². The quantitative estimate of drug-likeness (QED) is 0.571. The Morgan fingerprint density at radius 3 is 2.64 bits per heavy atom. The standard InChI is InChI=1S/C18H13FN4OS/c19-14-9-5-4-6-12(14)10-25-18-22-15-16(20-11-21-17(15)24)23(18)13-7-2-1-3-8-13/h1-9,11H,10H2,(H,20,21,24). The van der Waals surface area contributed by atoms with Crippen LogP contribution in [0.2, 0.25) is 0 Å². The van der Waals surface area contributed by atoms with Crippen LogP contribution in [0.15, 0.2) is 70.9 Å². The summed E-state index contributed by atoms with van der Waals surface area (Å²) in [5, 5.41) is 0.591. The van der Waals surface area contributed by atoms with Gasteiger partial charge in [0.05, 0.1) is 6.33 Å². The van der Waals surface area contributed by atoms with Gasteiger partial charge in [0.15, 0.2) is 16.3 Å². The van der Waals surface area contributed by atoms with Crippen molar-refractivity contribution in [1.29, 1.82) is 0 Å². The third kappa shape index (κ3) is 2.94. The van der Waals surface area contributed by atoms with Crippen LogP contribution in [0.4, 0.5) is 4.39 Å². The Hall–Kier alpha value is -2.93. The van der Waals surface area contributed by atoms with E-state index in [-0.39, 0.29) is 16.9 Å². The summed E-state index contributed by atoms with van der Waals surface area (Å²) >= 11 is 1.36. The van der Waals surface area contributed by atoms with Crippen LogP contribution < -0.4 is 5.56 Å². The number of nitrogens with one attached hydrogen (secondary N) is 1. The normalized spacial score (nSPS) is 11.1. The molecule has 0 spiro atoms. The second kappa shape index (κ2) is 6.52. The molecule has 4 aromatic rings. The van der Waals surface area contributed by atoms with E-state index in [9.17, 15) is 9.18 Å². The van der Waals surface area contributed by atoms with E-state index in [1.807, 2.05) is 34.9 Å². The van der Waals surface area contributed by atoms with Crippen LogP contribution in [0.3, 0.4) is 0 Å². The lowest BCUT2D eigenvalue weighted by molar-refractivity contribution is 0.617. The number of rotatable bonds is 4. The van der Waals surface area contributed by atoms with Crippen molar-refractivity contribution >= 4 is 22.9 Å². The van der Waals surface area contributed by atoms with Crippen molar-refractivity contribution in [2.45, 2.75) is 10.9 Å². The van der Waals surface area contributed by atoms with E-state index in [2.05, 4.69) is 15.0 Å². The maximum Gasteiger partial charge on any atom is 0.278 e. The number of thioether (sulfide) groups is 1. The number of benzene rings is 2. The fourth-order valence-corrected chi connectivity index (χ4v) is 3.54. The second-order valence-electron chi connectivity index (χ2n) is 5.35. The van der Waals surface area contributed by atoms with Crippen molar-refractivity contribution in [3.8, 4) is 5.69 Å². The lowest BCUT2D eigenvalue weighted by Crippen LogP contribution is -2.07. The summed E-state index contributed by atoms with van der Waals surface area (Å²) in [4.78, 5) is 23.3. The number of halogens is 1. The highest BCUT2D eigenvalue weighted by molar-refractivity contribution is 7.98. The summed E-state index contributed by atoms with van der Waals surface area (Å²) in [5.41, 5.74) is 1.88. The van der Waals surface area contributed by atoms with Crippen molar-refractivity contribution in [3.05, 3.63) is 82.7 Å². The number of para-hydroxylation sites is 1. The van der Waals surface area contributed by atoms with Crippen LogP contribution in [-0.4, -0.2) is 19.5 Å². The van der Waals surface area contributed by atoms with Gasteiger partial charge in [0.25, 0.3) is 5.56 Å². The molecule has 0 unspecified atom stereocenters. The molecule has 0 saturated heterocycles. The first-order valence-electron chi connectivity index (χ1n) is 7.62. The molecule has 0 aliphatic carbocycles. The average molecular weight is 352 g/mol. The Bertz CT molecular complexity index is 1090. The van der Waals surface area contributed by atoms with E-state index in [4.69, 9.17) is 0 Å². The summed E-state index contributed by atoms with van der Waals surface area (Å²) < 4.78 is 15.7. The Kier molecular flexibility index (Phi) is 4.07. The highest BCUT2D eigenvalue weighted by Crippen LogP contribution is 2.28. The summed E-state index contributed by atoms with van der Waals surface area (Å²) in [7, 11) is 0. The third-order valence-electron chi connectivity index (χ3n) is 3.75. The Labute approximate surface area is 146 Å². The van der Waals surface area contributed by atoms with Gasteiger partial charge in [-0.05, 0) is 23.8 Å². The molecule has 25 heavy (non-hydrogen) atoms. The molecule has 124 valence electrons. The third-order valence-corrected chi connectivity index (χ3v) is 4.74. The molecule has 0 fully saturated rings. The number of aromatic nitrogens is 4. The molecular formula is C18H13FN4OS. The van der Waals surface area contributed by atoms with Crippen LogP contribution in [0.5, 0.6) is 0 Å². The maximum atomic E-state index is 13.9. The van der Waals surface area contributed by atoms with E-state index in [0.29, 0.717) is 22.1 Å². The van der Waals surface area contributed by atoms with E-state index in [1.165, 1.54) is 24.2 Å². The van der Waals surface area contributed by atoms with Crippen molar-refractivity contribution in [1.82, 2.24) is 19.5 Å². The van der Waals surface area contributed by atoms with Crippen molar-refractivity contribution in [2.75, 3.05) is 0 Å². The predicted molar refractivity (Wildman–Crippen MR) is 95.4 cm³/mol. The molecule has 2 heterocycles. The van der Waals surface area contributed by atoms with Crippen LogP contribution >= 0.6 is 11.8 Å². The number of nitrogens with zero attached hydrogens (tertiary/aromatic N) is 3. The lowest BCUT2D eigenvalue weighted by atomic mass is 10.2.